The fourth-order valence-electron chi connectivity index (χ4n) is 3.00. The molecule has 1 atom stereocenters. The Bertz CT molecular complexity index is 1020. The number of benzene rings is 2. The number of H-pyrrole nitrogens is 1. The zero-order valence-electron chi connectivity index (χ0n) is 13.8. The molecule has 0 bridgehead atoms. The number of hydrogen-bond donors (Lipinski definition) is 2. The summed E-state index contributed by atoms with van der Waals surface area (Å²) < 4.78 is 1.01. The van der Waals surface area contributed by atoms with E-state index in [1.54, 1.807) is 12.1 Å². The van der Waals surface area contributed by atoms with E-state index in [1.807, 2.05) is 30.3 Å². The highest BCUT2D eigenvalue weighted by Crippen LogP contribution is 2.36. The van der Waals surface area contributed by atoms with E-state index < -0.39 is 0 Å². The van der Waals surface area contributed by atoms with Gasteiger partial charge in [0.25, 0.3) is 0 Å². The minimum Gasteiger partial charge on any atom is -0.508 e. The number of rotatable bonds is 3. The average Bonchev–Trinajstić information content (AvgIpc) is 3.08. The maximum Gasteiger partial charge on any atom is 0.138 e. The molecule has 3 nitrogen and oxygen atoms in total. The van der Waals surface area contributed by atoms with Crippen LogP contribution in [0.5, 0.6) is 5.75 Å². The second-order valence-electron chi connectivity index (χ2n) is 6.11. The summed E-state index contributed by atoms with van der Waals surface area (Å²) in [6.45, 7) is 0. The van der Waals surface area contributed by atoms with Crippen molar-refractivity contribution in [2.45, 2.75) is 11.2 Å². The van der Waals surface area contributed by atoms with Crippen LogP contribution in [0.3, 0.4) is 0 Å². The minimum atomic E-state index is 0.224. The van der Waals surface area contributed by atoms with E-state index in [2.05, 4.69) is 61.1 Å². The molecule has 0 aliphatic heterocycles. The highest BCUT2D eigenvalue weighted by molar-refractivity contribution is 9.10. The summed E-state index contributed by atoms with van der Waals surface area (Å²) in [5, 5.41) is 9.81. The van der Waals surface area contributed by atoms with E-state index in [0.29, 0.717) is 4.83 Å². The summed E-state index contributed by atoms with van der Waals surface area (Å²) >= 11 is 7.26. The average molecular weight is 472 g/mol. The molecule has 0 fully saturated rings. The maximum atomic E-state index is 9.81. The van der Waals surface area contributed by atoms with Gasteiger partial charge in [-0.1, -0.05) is 80.4 Å². The summed E-state index contributed by atoms with van der Waals surface area (Å²) in [6, 6.07) is 15.2. The zero-order valence-corrected chi connectivity index (χ0v) is 17.0. The summed E-state index contributed by atoms with van der Waals surface area (Å²) in [5.74, 6) is 0.957. The van der Waals surface area contributed by atoms with Gasteiger partial charge >= 0.3 is 0 Å². The summed E-state index contributed by atoms with van der Waals surface area (Å²) in [5.41, 5.74) is 4.86. The number of nitrogens with one attached hydrogen (secondary N) is 1. The number of imidazole rings is 1. The Balaban J connectivity index is 1.89. The van der Waals surface area contributed by atoms with Crippen LogP contribution in [0.1, 0.15) is 12.1 Å². The third kappa shape index (κ3) is 3.41. The van der Waals surface area contributed by atoms with Crippen molar-refractivity contribution in [3.8, 4) is 28.4 Å². The van der Waals surface area contributed by atoms with Crippen LogP contribution in [-0.4, -0.2) is 19.9 Å². The highest BCUT2D eigenvalue weighted by Gasteiger charge is 2.19. The van der Waals surface area contributed by atoms with Crippen molar-refractivity contribution >= 4 is 37.4 Å². The lowest BCUT2D eigenvalue weighted by molar-refractivity contribution is 0.475. The SMILES string of the molecule is Oc1cccc(-c2nc(C3=CCC(Br)C=C3)c(-c3ccccc3Br)[nH]2)c1. The molecule has 2 aromatic carbocycles. The largest absolute Gasteiger partial charge is 0.508 e. The molecule has 0 saturated heterocycles. The number of alkyl halides is 1. The van der Waals surface area contributed by atoms with E-state index in [1.165, 1.54) is 0 Å². The second kappa shape index (κ2) is 7.25. The van der Waals surface area contributed by atoms with Gasteiger partial charge in [0, 0.05) is 20.4 Å². The third-order valence-electron chi connectivity index (χ3n) is 4.29. The number of phenols is 1. The van der Waals surface area contributed by atoms with Crippen LogP contribution in [0.4, 0.5) is 0 Å². The topological polar surface area (TPSA) is 48.9 Å². The molecular formula is C21H16Br2N2O. The number of halogens is 2. The van der Waals surface area contributed by atoms with Crippen LogP contribution < -0.4 is 0 Å². The van der Waals surface area contributed by atoms with Crippen molar-refractivity contribution in [3.05, 3.63) is 76.9 Å². The lowest BCUT2D eigenvalue weighted by atomic mass is 10.0. The van der Waals surface area contributed by atoms with Crippen LogP contribution >= 0.6 is 31.9 Å². The Morgan fingerprint density at radius 3 is 2.69 bits per heavy atom. The number of allylic oxidation sites excluding steroid dienone is 4. The summed E-state index contributed by atoms with van der Waals surface area (Å²) in [7, 11) is 0. The van der Waals surface area contributed by atoms with E-state index >= 15 is 0 Å². The van der Waals surface area contributed by atoms with Crippen molar-refractivity contribution in [2.24, 2.45) is 0 Å². The number of phenolic OH excluding ortho intramolecular Hbond substituents is 1. The van der Waals surface area contributed by atoms with Crippen LogP contribution in [0.25, 0.3) is 28.2 Å². The smallest absolute Gasteiger partial charge is 0.138 e. The molecular weight excluding hydrogens is 456 g/mol. The Morgan fingerprint density at radius 1 is 1.12 bits per heavy atom. The fraction of sp³-hybridized carbons (Fsp3) is 0.0952. The fourth-order valence-corrected chi connectivity index (χ4v) is 3.82. The molecule has 4 rings (SSSR count). The van der Waals surface area contributed by atoms with Crippen LogP contribution in [-0.2, 0) is 0 Å². The lowest BCUT2D eigenvalue weighted by Gasteiger charge is -2.11. The van der Waals surface area contributed by atoms with Crippen molar-refractivity contribution < 1.29 is 5.11 Å². The third-order valence-corrected chi connectivity index (χ3v) is 5.66. The normalized spacial score (nSPS) is 16.5. The van der Waals surface area contributed by atoms with Gasteiger partial charge in [-0.3, -0.25) is 0 Å². The second-order valence-corrected chi connectivity index (χ2v) is 8.14. The highest BCUT2D eigenvalue weighted by atomic mass is 79.9. The molecule has 1 aromatic heterocycles. The standard InChI is InChI=1S/C21H16Br2N2O/c22-15-10-8-13(9-11-15)19-20(17-6-1-2-7-18(17)23)25-21(24-19)14-4-3-5-16(26)12-14/h1-10,12,15,26H,11H2,(H,24,25). The first-order valence-electron chi connectivity index (χ1n) is 8.29. The molecule has 1 unspecified atom stereocenters. The van der Waals surface area contributed by atoms with Gasteiger partial charge in [0.1, 0.15) is 11.6 Å². The lowest BCUT2D eigenvalue weighted by Crippen LogP contribution is -1.98. The van der Waals surface area contributed by atoms with Gasteiger partial charge in [-0.05, 0) is 30.2 Å². The number of aromatic hydroxyl groups is 1. The van der Waals surface area contributed by atoms with Crippen LogP contribution in [0.15, 0.2) is 71.2 Å². The predicted molar refractivity (Wildman–Crippen MR) is 113 cm³/mol. The van der Waals surface area contributed by atoms with E-state index in [4.69, 9.17) is 4.98 Å². The molecule has 26 heavy (non-hydrogen) atoms. The maximum absolute atomic E-state index is 9.81. The van der Waals surface area contributed by atoms with Gasteiger partial charge in [0.05, 0.1) is 11.4 Å². The van der Waals surface area contributed by atoms with Gasteiger partial charge in [0.2, 0.25) is 0 Å². The molecule has 2 N–H and O–H groups in total. The van der Waals surface area contributed by atoms with Crippen molar-refractivity contribution in [1.29, 1.82) is 0 Å². The van der Waals surface area contributed by atoms with E-state index in [9.17, 15) is 5.11 Å². The zero-order chi connectivity index (χ0) is 18.1. The molecule has 3 aromatic rings. The molecule has 0 saturated carbocycles. The Hall–Kier alpha value is -2.11. The van der Waals surface area contributed by atoms with Crippen molar-refractivity contribution in [3.63, 3.8) is 0 Å². The molecule has 5 heteroatoms. The van der Waals surface area contributed by atoms with Crippen molar-refractivity contribution in [1.82, 2.24) is 9.97 Å². The van der Waals surface area contributed by atoms with Gasteiger partial charge in [-0.25, -0.2) is 4.98 Å². The molecule has 1 aliphatic carbocycles. The molecule has 0 spiro atoms. The van der Waals surface area contributed by atoms with Gasteiger partial charge < -0.3 is 10.1 Å². The Kier molecular flexibility index (Phi) is 4.83. The molecule has 130 valence electrons. The first kappa shape index (κ1) is 17.3. The molecule has 0 radical (unpaired) electrons. The number of nitrogens with zero attached hydrogens (tertiary/aromatic N) is 1. The molecule has 1 aliphatic rings. The number of aromatic nitrogens is 2. The summed E-state index contributed by atoms with van der Waals surface area (Å²) in [4.78, 5) is 8.68. The summed E-state index contributed by atoms with van der Waals surface area (Å²) in [6.07, 6.45) is 7.37. The Morgan fingerprint density at radius 2 is 1.96 bits per heavy atom. The van der Waals surface area contributed by atoms with Crippen LogP contribution in [0.2, 0.25) is 0 Å². The van der Waals surface area contributed by atoms with Gasteiger partial charge in [-0.15, -0.1) is 0 Å². The Labute approximate surface area is 168 Å². The minimum absolute atomic E-state index is 0.224. The van der Waals surface area contributed by atoms with Gasteiger partial charge in [-0.2, -0.15) is 0 Å². The van der Waals surface area contributed by atoms with Crippen LogP contribution in [0, 0.1) is 0 Å². The first-order chi connectivity index (χ1) is 12.6. The van der Waals surface area contributed by atoms with Gasteiger partial charge in [0.15, 0.2) is 0 Å². The molecule has 0 amide bonds. The predicted octanol–water partition coefficient (Wildman–Crippen LogP) is 6.32. The number of aromatic amines is 1. The van der Waals surface area contributed by atoms with Crippen molar-refractivity contribution in [2.75, 3.05) is 0 Å². The number of hydrogen-bond acceptors (Lipinski definition) is 2. The van der Waals surface area contributed by atoms with E-state index in [0.717, 1.165) is 44.8 Å². The quantitative estimate of drug-likeness (QED) is 0.439. The first-order valence-corrected chi connectivity index (χ1v) is 10.00. The van der Waals surface area contributed by atoms with E-state index in [-0.39, 0.29) is 5.75 Å². The molecule has 1 heterocycles. The monoisotopic (exact) mass is 470 g/mol.